The molecule has 0 spiro atoms. The predicted molar refractivity (Wildman–Crippen MR) is 71.8 cm³/mol. The second-order valence-corrected chi connectivity index (χ2v) is 6.47. The topological polar surface area (TPSA) is 98.2 Å². The Bertz CT molecular complexity index is 542. The number of hydrogen-bond acceptors (Lipinski definition) is 4. The molecule has 100 valence electrons. The highest BCUT2D eigenvalue weighted by atomic mass is 32.2. The summed E-state index contributed by atoms with van der Waals surface area (Å²) < 4.78 is 22.9. The molecule has 0 saturated heterocycles. The summed E-state index contributed by atoms with van der Waals surface area (Å²) in [6.07, 6.45) is 2.93. The van der Waals surface area contributed by atoms with E-state index in [1.54, 1.807) is 19.1 Å². The number of aryl methyl sites for hydroxylation is 1. The maximum atomic E-state index is 11.4. The molecule has 0 radical (unpaired) electrons. The molecule has 1 aromatic rings. The van der Waals surface area contributed by atoms with E-state index in [0.717, 1.165) is 24.9 Å². The summed E-state index contributed by atoms with van der Waals surface area (Å²) in [6.45, 7) is 1.73. The number of primary sulfonamides is 1. The van der Waals surface area contributed by atoms with Crippen molar-refractivity contribution in [2.45, 2.75) is 43.2 Å². The number of hydrogen-bond donors (Lipinski definition) is 3. The summed E-state index contributed by atoms with van der Waals surface area (Å²) in [5, 5.41) is 8.49. The zero-order valence-corrected chi connectivity index (χ0v) is 11.2. The number of sulfonamides is 1. The first-order chi connectivity index (χ1) is 8.36. The lowest BCUT2D eigenvalue weighted by Gasteiger charge is -2.15. The lowest BCUT2D eigenvalue weighted by molar-refractivity contribution is 0.597. The average molecular weight is 269 g/mol. The van der Waals surface area contributed by atoms with E-state index in [9.17, 15) is 8.42 Å². The van der Waals surface area contributed by atoms with Crippen LogP contribution in [0.2, 0.25) is 0 Å². The molecule has 2 rings (SSSR count). The normalized spacial score (nSPS) is 24.2. The minimum Gasteiger partial charge on any atom is -0.382 e. The van der Waals surface area contributed by atoms with Gasteiger partial charge in [-0.05, 0) is 43.9 Å². The van der Waals surface area contributed by atoms with Gasteiger partial charge in [0.15, 0.2) is 0 Å². The van der Waals surface area contributed by atoms with E-state index in [1.807, 2.05) is 6.07 Å². The molecule has 5 nitrogen and oxygen atoms in total. The first-order valence-electron chi connectivity index (χ1n) is 6.02. The second-order valence-electron chi connectivity index (χ2n) is 4.94. The summed E-state index contributed by atoms with van der Waals surface area (Å²) in [4.78, 5) is 0.176. The molecule has 6 heteroatoms. The molecule has 1 saturated carbocycles. The van der Waals surface area contributed by atoms with Gasteiger partial charge in [0.1, 0.15) is 0 Å². The van der Waals surface area contributed by atoms with Crippen LogP contribution < -0.4 is 16.2 Å². The van der Waals surface area contributed by atoms with Crippen molar-refractivity contribution in [2.75, 3.05) is 5.32 Å². The van der Waals surface area contributed by atoms with Gasteiger partial charge in [-0.2, -0.15) is 0 Å². The average Bonchev–Trinajstić information content (AvgIpc) is 2.65. The number of benzene rings is 1. The number of nitrogens with two attached hydrogens (primary N) is 2. The van der Waals surface area contributed by atoms with Crippen molar-refractivity contribution in [3.8, 4) is 0 Å². The van der Waals surface area contributed by atoms with Crippen molar-refractivity contribution in [1.29, 1.82) is 0 Å². The Morgan fingerprint density at radius 1 is 1.33 bits per heavy atom. The van der Waals surface area contributed by atoms with Crippen LogP contribution in [-0.4, -0.2) is 20.5 Å². The largest absolute Gasteiger partial charge is 0.382 e. The summed E-state index contributed by atoms with van der Waals surface area (Å²) in [7, 11) is -3.67. The van der Waals surface area contributed by atoms with E-state index < -0.39 is 10.0 Å². The standard InChI is InChI=1S/C12H19N3O2S/c1-8-2-4-11(7-12(8)18(14,16)17)15-10-5-3-9(13)6-10/h2,4,7,9-10,15H,3,5-6,13H2,1H3,(H2,14,16,17). The molecule has 5 N–H and O–H groups in total. The highest BCUT2D eigenvalue weighted by Gasteiger charge is 2.22. The molecule has 0 bridgehead atoms. The third kappa shape index (κ3) is 3.01. The molecule has 1 aliphatic carbocycles. The van der Waals surface area contributed by atoms with Gasteiger partial charge in [-0.3, -0.25) is 0 Å². The Morgan fingerprint density at radius 2 is 2.06 bits per heavy atom. The van der Waals surface area contributed by atoms with Crippen LogP contribution in [-0.2, 0) is 10.0 Å². The molecular weight excluding hydrogens is 250 g/mol. The Labute approximate surface area is 108 Å². The van der Waals surface area contributed by atoms with Crippen LogP contribution in [0.4, 0.5) is 5.69 Å². The third-order valence-corrected chi connectivity index (χ3v) is 4.39. The molecule has 1 aliphatic rings. The molecule has 0 amide bonds. The van der Waals surface area contributed by atoms with Gasteiger partial charge in [-0.15, -0.1) is 0 Å². The van der Waals surface area contributed by atoms with Crippen LogP contribution in [0.1, 0.15) is 24.8 Å². The number of nitrogens with one attached hydrogen (secondary N) is 1. The predicted octanol–water partition coefficient (Wildman–Crippen LogP) is 0.934. The van der Waals surface area contributed by atoms with Crippen molar-refractivity contribution in [3.63, 3.8) is 0 Å². The van der Waals surface area contributed by atoms with E-state index in [2.05, 4.69) is 5.32 Å². The Kier molecular flexibility index (Phi) is 3.61. The second kappa shape index (κ2) is 4.87. The minimum atomic E-state index is -3.67. The quantitative estimate of drug-likeness (QED) is 0.760. The fourth-order valence-corrected chi connectivity index (χ4v) is 3.19. The van der Waals surface area contributed by atoms with Gasteiger partial charge in [0.25, 0.3) is 0 Å². The molecule has 18 heavy (non-hydrogen) atoms. The molecule has 0 aromatic heterocycles. The highest BCUT2D eigenvalue weighted by Crippen LogP contribution is 2.24. The maximum absolute atomic E-state index is 11.4. The van der Waals surface area contributed by atoms with Gasteiger partial charge in [0.2, 0.25) is 10.0 Å². The van der Waals surface area contributed by atoms with Crippen LogP contribution in [0.3, 0.4) is 0 Å². The summed E-state index contributed by atoms with van der Waals surface area (Å²) in [5.41, 5.74) is 7.29. The van der Waals surface area contributed by atoms with Crippen molar-refractivity contribution < 1.29 is 8.42 Å². The van der Waals surface area contributed by atoms with Gasteiger partial charge < -0.3 is 11.1 Å². The minimum absolute atomic E-state index is 0.176. The van der Waals surface area contributed by atoms with Crippen molar-refractivity contribution in [3.05, 3.63) is 23.8 Å². The van der Waals surface area contributed by atoms with Crippen LogP contribution in [0.5, 0.6) is 0 Å². The maximum Gasteiger partial charge on any atom is 0.238 e. The van der Waals surface area contributed by atoms with Crippen molar-refractivity contribution in [2.24, 2.45) is 10.9 Å². The van der Waals surface area contributed by atoms with Crippen LogP contribution in [0, 0.1) is 6.92 Å². The Morgan fingerprint density at radius 3 is 2.61 bits per heavy atom. The van der Waals surface area contributed by atoms with E-state index in [4.69, 9.17) is 10.9 Å². The van der Waals surface area contributed by atoms with Gasteiger partial charge >= 0.3 is 0 Å². The third-order valence-electron chi connectivity index (χ3n) is 3.34. The van der Waals surface area contributed by atoms with Crippen molar-refractivity contribution >= 4 is 15.7 Å². The molecule has 2 unspecified atom stereocenters. The van der Waals surface area contributed by atoms with Gasteiger partial charge in [0, 0.05) is 17.8 Å². The molecule has 1 aromatic carbocycles. The SMILES string of the molecule is Cc1ccc(NC2CCC(N)C2)cc1S(N)(=O)=O. The van der Waals surface area contributed by atoms with Gasteiger partial charge in [-0.1, -0.05) is 6.07 Å². The fraction of sp³-hybridized carbons (Fsp3) is 0.500. The first kappa shape index (κ1) is 13.3. The monoisotopic (exact) mass is 269 g/mol. The van der Waals surface area contributed by atoms with Gasteiger partial charge in [0.05, 0.1) is 4.90 Å². The number of anilines is 1. The molecule has 0 aliphatic heterocycles. The Balaban J connectivity index is 2.20. The van der Waals surface area contributed by atoms with E-state index >= 15 is 0 Å². The lowest BCUT2D eigenvalue weighted by atomic mass is 10.2. The molecular formula is C12H19N3O2S. The van der Waals surface area contributed by atoms with Crippen LogP contribution >= 0.6 is 0 Å². The van der Waals surface area contributed by atoms with Gasteiger partial charge in [-0.25, -0.2) is 13.6 Å². The first-order valence-corrected chi connectivity index (χ1v) is 7.56. The zero-order chi connectivity index (χ0) is 13.3. The smallest absolute Gasteiger partial charge is 0.238 e. The summed E-state index contributed by atoms with van der Waals surface area (Å²) in [6, 6.07) is 5.78. The number of rotatable bonds is 3. The van der Waals surface area contributed by atoms with E-state index in [1.165, 1.54) is 0 Å². The fourth-order valence-electron chi connectivity index (χ4n) is 2.38. The highest BCUT2D eigenvalue weighted by molar-refractivity contribution is 7.89. The summed E-state index contributed by atoms with van der Waals surface area (Å²) >= 11 is 0. The molecule has 1 fully saturated rings. The molecule has 2 atom stereocenters. The van der Waals surface area contributed by atoms with Crippen LogP contribution in [0.15, 0.2) is 23.1 Å². The lowest BCUT2D eigenvalue weighted by Crippen LogP contribution is -2.21. The van der Waals surface area contributed by atoms with Crippen molar-refractivity contribution in [1.82, 2.24) is 0 Å². The van der Waals surface area contributed by atoms with E-state index in [-0.39, 0.29) is 10.9 Å². The zero-order valence-electron chi connectivity index (χ0n) is 10.4. The molecule has 0 heterocycles. The van der Waals surface area contributed by atoms with Crippen LogP contribution in [0.25, 0.3) is 0 Å². The summed E-state index contributed by atoms with van der Waals surface area (Å²) in [5.74, 6) is 0. The Hall–Kier alpha value is -1.11. The van der Waals surface area contributed by atoms with E-state index in [0.29, 0.717) is 11.6 Å².